The minimum Gasteiger partial charge on any atom is -0.454 e. The van der Waals surface area contributed by atoms with E-state index >= 15 is 0 Å². The number of oxazole rings is 1. The number of ether oxygens (including phenoxy) is 1. The number of anilines is 1. The van der Waals surface area contributed by atoms with E-state index in [-0.39, 0.29) is 36.0 Å². The van der Waals surface area contributed by atoms with Crippen molar-refractivity contribution < 1.29 is 31.9 Å². The van der Waals surface area contributed by atoms with Crippen LogP contribution >= 0.6 is 0 Å². The van der Waals surface area contributed by atoms with Crippen LogP contribution in [0.2, 0.25) is 0 Å². The molecule has 0 aliphatic carbocycles. The minimum atomic E-state index is -4.63. The highest BCUT2D eigenvalue weighted by Gasteiger charge is 2.35. The number of aromatic nitrogens is 3. The summed E-state index contributed by atoms with van der Waals surface area (Å²) < 4.78 is 49.9. The molecule has 0 saturated heterocycles. The number of alkyl halides is 3. The quantitative estimate of drug-likeness (QED) is 0.371. The Morgan fingerprint density at radius 1 is 1.06 bits per heavy atom. The van der Waals surface area contributed by atoms with Gasteiger partial charge in [0.1, 0.15) is 18.0 Å². The molecule has 0 saturated carbocycles. The Hall–Kier alpha value is -4.54. The lowest BCUT2D eigenvalue weighted by Gasteiger charge is -2.26. The summed E-state index contributed by atoms with van der Waals surface area (Å²) in [5.74, 6) is -1.94. The minimum absolute atomic E-state index is 0.0375. The number of amides is 1. The number of carbonyl (C=O) groups excluding carboxylic acids is 2. The van der Waals surface area contributed by atoms with Gasteiger partial charge >= 0.3 is 18.0 Å². The molecule has 4 heterocycles. The van der Waals surface area contributed by atoms with Gasteiger partial charge in [-0.2, -0.15) is 18.2 Å². The van der Waals surface area contributed by atoms with Gasteiger partial charge in [-0.05, 0) is 35.7 Å². The molecule has 0 fully saturated rings. The SMILES string of the molecule is O=C(OCc1ccccc1)c1nc(N2CCc3cccnc3C2=O)c(-c2ccc(C(F)(F)F)nc2)o1. The molecule has 0 bridgehead atoms. The van der Waals surface area contributed by atoms with Crippen LogP contribution in [-0.4, -0.2) is 33.4 Å². The molecule has 0 radical (unpaired) electrons. The molecule has 4 aromatic rings. The third-order valence-corrected chi connectivity index (χ3v) is 5.51. The molecule has 1 aromatic carbocycles. The number of nitrogens with zero attached hydrogens (tertiary/aromatic N) is 4. The van der Waals surface area contributed by atoms with E-state index in [1.807, 2.05) is 6.07 Å². The first-order valence-electron chi connectivity index (χ1n) is 10.8. The van der Waals surface area contributed by atoms with Crippen LogP contribution < -0.4 is 4.90 Å². The molecule has 36 heavy (non-hydrogen) atoms. The Kier molecular flexibility index (Phi) is 5.96. The van der Waals surface area contributed by atoms with Crippen molar-refractivity contribution >= 4 is 17.7 Å². The summed E-state index contributed by atoms with van der Waals surface area (Å²) in [6.07, 6.45) is -1.74. The first-order chi connectivity index (χ1) is 17.3. The molecule has 1 aliphatic rings. The summed E-state index contributed by atoms with van der Waals surface area (Å²) in [6, 6.07) is 14.4. The number of halogens is 3. The number of carbonyl (C=O) groups is 2. The van der Waals surface area contributed by atoms with Crippen molar-refractivity contribution in [2.45, 2.75) is 19.2 Å². The number of hydrogen-bond donors (Lipinski definition) is 0. The summed E-state index contributed by atoms with van der Waals surface area (Å²) in [7, 11) is 0. The standard InChI is InChI=1S/C25H17F3N4O4/c26-25(27,28)18-9-8-17(13-30-18)20-21(32-12-10-16-7-4-11-29-19(16)23(32)33)31-22(36-20)24(34)35-14-15-5-2-1-3-6-15/h1-9,11,13H,10,12,14H2. The Morgan fingerprint density at radius 2 is 1.86 bits per heavy atom. The zero-order valence-electron chi connectivity index (χ0n) is 18.5. The Morgan fingerprint density at radius 3 is 2.58 bits per heavy atom. The van der Waals surface area contributed by atoms with Gasteiger partial charge in [-0.3, -0.25) is 19.7 Å². The molecule has 0 unspecified atom stereocenters. The molecule has 11 heteroatoms. The lowest BCUT2D eigenvalue weighted by molar-refractivity contribution is -0.141. The molecular weight excluding hydrogens is 477 g/mol. The normalized spacial score (nSPS) is 13.4. The number of hydrogen-bond acceptors (Lipinski definition) is 7. The van der Waals surface area contributed by atoms with Gasteiger partial charge in [0.2, 0.25) is 0 Å². The summed E-state index contributed by atoms with van der Waals surface area (Å²) in [5.41, 5.74) is 0.715. The molecule has 182 valence electrons. The van der Waals surface area contributed by atoms with Gasteiger partial charge in [-0.15, -0.1) is 0 Å². The van der Waals surface area contributed by atoms with E-state index in [2.05, 4.69) is 15.0 Å². The van der Waals surface area contributed by atoms with Gasteiger partial charge in [0.15, 0.2) is 11.6 Å². The summed E-state index contributed by atoms with van der Waals surface area (Å²) in [4.78, 5) is 39.0. The van der Waals surface area contributed by atoms with E-state index in [0.29, 0.717) is 6.42 Å². The van der Waals surface area contributed by atoms with Crippen molar-refractivity contribution in [3.05, 3.63) is 95.4 Å². The first kappa shape index (κ1) is 23.2. The summed E-state index contributed by atoms with van der Waals surface area (Å²) in [5, 5.41) is 0. The fourth-order valence-electron chi connectivity index (χ4n) is 3.75. The van der Waals surface area contributed by atoms with Crippen LogP contribution in [0.1, 0.15) is 38.0 Å². The lowest BCUT2D eigenvalue weighted by Crippen LogP contribution is -2.38. The molecule has 1 aliphatic heterocycles. The Balaban J connectivity index is 1.51. The lowest BCUT2D eigenvalue weighted by atomic mass is 10.0. The first-order valence-corrected chi connectivity index (χ1v) is 10.8. The number of esters is 1. The Bertz CT molecular complexity index is 1420. The van der Waals surface area contributed by atoms with E-state index < -0.39 is 29.6 Å². The Labute approximate surface area is 202 Å². The van der Waals surface area contributed by atoms with Crippen LogP contribution in [-0.2, 0) is 23.9 Å². The van der Waals surface area contributed by atoms with E-state index in [1.165, 1.54) is 11.1 Å². The highest BCUT2D eigenvalue weighted by molar-refractivity contribution is 6.08. The third kappa shape index (κ3) is 4.54. The average Bonchev–Trinajstić information content (AvgIpc) is 3.33. The van der Waals surface area contributed by atoms with Crippen LogP contribution in [0.15, 0.2) is 71.4 Å². The van der Waals surface area contributed by atoms with E-state index in [1.54, 1.807) is 36.4 Å². The van der Waals surface area contributed by atoms with Crippen molar-refractivity contribution in [2.75, 3.05) is 11.4 Å². The largest absolute Gasteiger partial charge is 0.454 e. The molecule has 8 nitrogen and oxygen atoms in total. The fraction of sp³-hybridized carbons (Fsp3) is 0.160. The average molecular weight is 494 g/mol. The topological polar surface area (TPSA) is 98.4 Å². The maximum atomic E-state index is 13.2. The van der Waals surface area contributed by atoms with Crippen molar-refractivity contribution in [2.24, 2.45) is 0 Å². The molecule has 5 rings (SSSR count). The third-order valence-electron chi connectivity index (χ3n) is 5.51. The van der Waals surface area contributed by atoms with E-state index in [4.69, 9.17) is 9.15 Å². The van der Waals surface area contributed by atoms with Crippen LogP contribution in [0.25, 0.3) is 11.3 Å². The van der Waals surface area contributed by atoms with Crippen LogP contribution in [0.5, 0.6) is 0 Å². The van der Waals surface area contributed by atoms with Gasteiger partial charge in [-0.1, -0.05) is 36.4 Å². The zero-order valence-corrected chi connectivity index (χ0v) is 18.5. The molecule has 0 spiro atoms. The highest BCUT2D eigenvalue weighted by Crippen LogP contribution is 2.35. The van der Waals surface area contributed by atoms with E-state index in [0.717, 1.165) is 29.5 Å². The van der Waals surface area contributed by atoms with Crippen LogP contribution in [0, 0.1) is 0 Å². The number of benzene rings is 1. The number of pyridine rings is 2. The summed E-state index contributed by atoms with van der Waals surface area (Å²) >= 11 is 0. The molecule has 0 atom stereocenters. The molecule has 0 N–H and O–H groups in total. The number of fused-ring (bicyclic) bond motifs is 1. The van der Waals surface area contributed by atoms with Crippen LogP contribution in [0.4, 0.5) is 19.0 Å². The van der Waals surface area contributed by atoms with Gasteiger partial charge in [0.25, 0.3) is 5.91 Å². The van der Waals surface area contributed by atoms with Crippen LogP contribution in [0.3, 0.4) is 0 Å². The highest BCUT2D eigenvalue weighted by atomic mass is 19.4. The smallest absolute Gasteiger partial charge is 0.433 e. The predicted octanol–water partition coefficient (Wildman–Crippen LogP) is 4.71. The summed E-state index contributed by atoms with van der Waals surface area (Å²) in [6.45, 7) is 0.151. The fourth-order valence-corrected chi connectivity index (χ4v) is 3.75. The second kappa shape index (κ2) is 9.25. The van der Waals surface area contributed by atoms with Gasteiger partial charge < -0.3 is 9.15 Å². The van der Waals surface area contributed by atoms with E-state index in [9.17, 15) is 22.8 Å². The van der Waals surface area contributed by atoms with Crippen molar-refractivity contribution in [1.82, 2.24) is 15.0 Å². The maximum absolute atomic E-state index is 13.2. The van der Waals surface area contributed by atoms with Gasteiger partial charge in [0, 0.05) is 24.5 Å². The molecule has 3 aromatic heterocycles. The molecule has 1 amide bonds. The predicted molar refractivity (Wildman–Crippen MR) is 120 cm³/mol. The maximum Gasteiger partial charge on any atom is 0.433 e. The van der Waals surface area contributed by atoms with Crippen molar-refractivity contribution in [3.63, 3.8) is 0 Å². The molecular formula is C25H17F3N4O4. The van der Waals surface area contributed by atoms with Crippen molar-refractivity contribution in [3.8, 4) is 11.3 Å². The van der Waals surface area contributed by atoms with Gasteiger partial charge in [-0.25, -0.2) is 4.79 Å². The monoisotopic (exact) mass is 494 g/mol. The van der Waals surface area contributed by atoms with Crippen molar-refractivity contribution in [1.29, 1.82) is 0 Å². The zero-order chi connectivity index (χ0) is 25.3. The second-order valence-electron chi connectivity index (χ2n) is 7.88. The van der Waals surface area contributed by atoms with Gasteiger partial charge in [0.05, 0.1) is 0 Å². The second-order valence-corrected chi connectivity index (χ2v) is 7.88. The number of rotatable bonds is 5.